The van der Waals surface area contributed by atoms with Crippen LogP contribution >= 0.6 is 0 Å². The Labute approximate surface area is 99.6 Å². The molecule has 1 heterocycles. The Balaban J connectivity index is 2.40. The van der Waals surface area contributed by atoms with Crippen molar-refractivity contribution in [3.05, 3.63) is 24.3 Å². The van der Waals surface area contributed by atoms with Crippen LogP contribution in [-0.4, -0.2) is 47.4 Å². The van der Waals surface area contributed by atoms with Crippen molar-refractivity contribution in [2.75, 3.05) is 20.7 Å². The van der Waals surface area contributed by atoms with E-state index < -0.39 is 0 Å². The molecule has 1 amide bonds. The van der Waals surface area contributed by atoms with Crippen molar-refractivity contribution in [3.63, 3.8) is 0 Å². The minimum absolute atomic E-state index is 0.157. The van der Waals surface area contributed by atoms with Crippen LogP contribution in [0.5, 0.6) is 0 Å². The predicted octanol–water partition coefficient (Wildman–Crippen LogP) is 0.502. The van der Waals surface area contributed by atoms with Crippen molar-refractivity contribution in [2.24, 2.45) is 0 Å². The van der Waals surface area contributed by atoms with Gasteiger partial charge in [-0.3, -0.25) is 9.59 Å². The zero-order valence-corrected chi connectivity index (χ0v) is 9.92. The summed E-state index contributed by atoms with van der Waals surface area (Å²) >= 11 is 0. The molecule has 6 nitrogen and oxygen atoms in total. The van der Waals surface area contributed by atoms with Gasteiger partial charge < -0.3 is 9.64 Å². The van der Waals surface area contributed by atoms with Crippen molar-refractivity contribution in [2.45, 2.75) is 12.8 Å². The minimum Gasteiger partial charge on any atom is -0.469 e. The lowest BCUT2D eigenvalue weighted by molar-refractivity contribution is -0.140. The zero-order chi connectivity index (χ0) is 12.7. The number of methoxy groups -OCH3 is 1. The first kappa shape index (κ1) is 13.1. The SMILES string of the molecule is COC(=O)CCCN(C)C(=O)c1cncnc1. The fourth-order valence-electron chi connectivity index (χ4n) is 1.29. The largest absolute Gasteiger partial charge is 0.469 e. The molecule has 0 N–H and O–H groups in total. The van der Waals surface area contributed by atoms with Crippen LogP contribution in [0.4, 0.5) is 0 Å². The van der Waals surface area contributed by atoms with Crippen LogP contribution in [0.3, 0.4) is 0 Å². The molecule has 17 heavy (non-hydrogen) atoms. The van der Waals surface area contributed by atoms with E-state index in [1.807, 2.05) is 0 Å². The fourth-order valence-corrected chi connectivity index (χ4v) is 1.29. The van der Waals surface area contributed by atoms with Crippen LogP contribution in [0, 0.1) is 0 Å². The second-order valence-electron chi connectivity index (χ2n) is 3.53. The van der Waals surface area contributed by atoms with E-state index in [1.165, 1.54) is 30.7 Å². The average molecular weight is 237 g/mol. The van der Waals surface area contributed by atoms with E-state index >= 15 is 0 Å². The summed E-state index contributed by atoms with van der Waals surface area (Å²) in [5.41, 5.74) is 0.438. The number of carbonyl (C=O) groups is 2. The topological polar surface area (TPSA) is 72.4 Å². The number of rotatable bonds is 5. The number of esters is 1. The van der Waals surface area contributed by atoms with E-state index in [4.69, 9.17) is 0 Å². The highest BCUT2D eigenvalue weighted by molar-refractivity contribution is 5.93. The molecule has 0 fully saturated rings. The lowest BCUT2D eigenvalue weighted by Gasteiger charge is -2.16. The number of hydrogen-bond donors (Lipinski definition) is 0. The minimum atomic E-state index is -0.270. The molecule has 0 radical (unpaired) electrons. The van der Waals surface area contributed by atoms with Crippen LogP contribution in [-0.2, 0) is 9.53 Å². The maximum absolute atomic E-state index is 11.8. The normalized spacial score (nSPS) is 9.76. The summed E-state index contributed by atoms with van der Waals surface area (Å²) in [4.78, 5) is 31.8. The van der Waals surface area contributed by atoms with Crippen LogP contribution in [0.15, 0.2) is 18.7 Å². The van der Waals surface area contributed by atoms with Crippen molar-refractivity contribution in [3.8, 4) is 0 Å². The number of ether oxygens (including phenoxy) is 1. The summed E-state index contributed by atoms with van der Waals surface area (Å²) in [5.74, 6) is -0.427. The maximum Gasteiger partial charge on any atom is 0.305 e. The van der Waals surface area contributed by atoms with Crippen LogP contribution in [0.2, 0.25) is 0 Å². The van der Waals surface area contributed by atoms with Gasteiger partial charge in [-0.25, -0.2) is 9.97 Å². The lowest BCUT2D eigenvalue weighted by Crippen LogP contribution is -2.28. The maximum atomic E-state index is 11.8. The number of aromatic nitrogens is 2. The molecule has 0 unspecified atom stereocenters. The Morgan fingerprint density at radius 2 is 2.00 bits per heavy atom. The van der Waals surface area contributed by atoms with E-state index in [0.29, 0.717) is 24.9 Å². The molecule has 0 aliphatic heterocycles. The standard InChI is InChI=1S/C11H15N3O3/c1-14(5-3-4-10(15)17-2)11(16)9-6-12-8-13-7-9/h6-8H,3-5H2,1-2H3. The Kier molecular flexibility index (Phi) is 5.06. The molecule has 0 saturated heterocycles. The highest BCUT2D eigenvalue weighted by Crippen LogP contribution is 2.02. The summed E-state index contributed by atoms with van der Waals surface area (Å²) in [6, 6.07) is 0. The fraction of sp³-hybridized carbons (Fsp3) is 0.455. The summed E-state index contributed by atoms with van der Waals surface area (Å²) in [6.07, 6.45) is 5.17. The first-order chi connectivity index (χ1) is 8.15. The summed E-state index contributed by atoms with van der Waals surface area (Å²) in [7, 11) is 3.02. The molecule has 0 atom stereocenters. The van der Waals surface area contributed by atoms with Crippen molar-refractivity contribution in [1.82, 2.24) is 14.9 Å². The molecule has 0 spiro atoms. The van der Waals surface area contributed by atoms with Gasteiger partial charge >= 0.3 is 5.97 Å². The van der Waals surface area contributed by atoms with E-state index in [2.05, 4.69) is 14.7 Å². The van der Waals surface area contributed by atoms with Crippen molar-refractivity contribution in [1.29, 1.82) is 0 Å². The molecule has 1 rings (SSSR count). The molecular formula is C11H15N3O3. The Morgan fingerprint density at radius 1 is 1.35 bits per heavy atom. The number of carbonyl (C=O) groups excluding carboxylic acids is 2. The smallest absolute Gasteiger partial charge is 0.305 e. The van der Waals surface area contributed by atoms with E-state index in [-0.39, 0.29) is 11.9 Å². The molecule has 0 aliphatic rings. The van der Waals surface area contributed by atoms with Crippen molar-refractivity contribution >= 4 is 11.9 Å². The molecule has 0 aromatic carbocycles. The molecule has 6 heteroatoms. The van der Waals surface area contributed by atoms with E-state index in [0.717, 1.165) is 0 Å². The van der Waals surface area contributed by atoms with Gasteiger partial charge in [0.05, 0.1) is 12.7 Å². The third-order valence-corrected chi connectivity index (χ3v) is 2.26. The van der Waals surface area contributed by atoms with Gasteiger partial charge in [0.15, 0.2) is 0 Å². The van der Waals surface area contributed by atoms with Crippen molar-refractivity contribution < 1.29 is 14.3 Å². The number of amides is 1. The average Bonchev–Trinajstić information content (AvgIpc) is 2.38. The van der Waals surface area contributed by atoms with Gasteiger partial charge in [-0.1, -0.05) is 0 Å². The van der Waals surface area contributed by atoms with Gasteiger partial charge in [0.1, 0.15) is 6.33 Å². The monoisotopic (exact) mass is 237 g/mol. The van der Waals surface area contributed by atoms with Gasteiger partial charge in [-0.15, -0.1) is 0 Å². The Bertz CT molecular complexity index is 381. The van der Waals surface area contributed by atoms with Gasteiger partial charge in [0.2, 0.25) is 0 Å². The molecule has 0 saturated carbocycles. The highest BCUT2D eigenvalue weighted by atomic mass is 16.5. The molecule has 0 aliphatic carbocycles. The third-order valence-electron chi connectivity index (χ3n) is 2.26. The summed E-state index contributed by atoms with van der Waals surface area (Å²) in [6.45, 7) is 0.489. The predicted molar refractivity (Wildman–Crippen MR) is 60.2 cm³/mol. The summed E-state index contributed by atoms with van der Waals surface area (Å²) < 4.78 is 4.51. The molecular weight excluding hydrogens is 222 g/mol. The number of nitrogens with zero attached hydrogens (tertiary/aromatic N) is 3. The van der Waals surface area contributed by atoms with Gasteiger partial charge in [-0.05, 0) is 6.42 Å². The second kappa shape index (κ2) is 6.57. The second-order valence-corrected chi connectivity index (χ2v) is 3.53. The van der Waals surface area contributed by atoms with Crippen LogP contribution < -0.4 is 0 Å². The van der Waals surface area contributed by atoms with E-state index in [9.17, 15) is 9.59 Å². The first-order valence-electron chi connectivity index (χ1n) is 5.22. The Hall–Kier alpha value is -1.98. The third kappa shape index (κ3) is 4.18. The molecule has 1 aromatic rings. The quantitative estimate of drug-likeness (QED) is 0.697. The van der Waals surface area contributed by atoms with Crippen LogP contribution in [0.1, 0.15) is 23.2 Å². The Morgan fingerprint density at radius 3 is 2.59 bits per heavy atom. The number of hydrogen-bond acceptors (Lipinski definition) is 5. The van der Waals surface area contributed by atoms with Gasteiger partial charge in [-0.2, -0.15) is 0 Å². The lowest BCUT2D eigenvalue weighted by atomic mass is 10.2. The molecule has 1 aromatic heterocycles. The molecule has 0 bridgehead atoms. The van der Waals surface area contributed by atoms with E-state index in [1.54, 1.807) is 7.05 Å². The molecule has 92 valence electrons. The van der Waals surface area contributed by atoms with Crippen LogP contribution in [0.25, 0.3) is 0 Å². The van der Waals surface area contributed by atoms with Gasteiger partial charge in [0.25, 0.3) is 5.91 Å². The highest BCUT2D eigenvalue weighted by Gasteiger charge is 2.12. The first-order valence-corrected chi connectivity index (χ1v) is 5.22. The van der Waals surface area contributed by atoms with Gasteiger partial charge in [0, 0.05) is 32.4 Å². The zero-order valence-electron chi connectivity index (χ0n) is 9.92. The summed E-state index contributed by atoms with van der Waals surface area (Å²) in [5, 5.41) is 0.